The molecular formula is C30H28N2O6S2. The molecule has 8 nitrogen and oxygen atoms in total. The van der Waals surface area contributed by atoms with Crippen molar-refractivity contribution in [1.82, 2.24) is 9.97 Å². The fourth-order valence-corrected chi connectivity index (χ4v) is 5.83. The summed E-state index contributed by atoms with van der Waals surface area (Å²) in [6.45, 7) is 3.58. The minimum Gasteiger partial charge on any atom is -0.493 e. The second kappa shape index (κ2) is 12.7. The Hall–Kier alpha value is -4.28. The number of carbonyl (C=O) groups excluding carboxylic acids is 2. The minimum atomic E-state index is -0.168. The van der Waals surface area contributed by atoms with Gasteiger partial charge in [0.25, 0.3) is 0 Å². The molecule has 0 saturated heterocycles. The van der Waals surface area contributed by atoms with Gasteiger partial charge in [0.2, 0.25) is 0 Å². The highest BCUT2D eigenvalue weighted by Gasteiger charge is 2.20. The Labute approximate surface area is 240 Å². The minimum absolute atomic E-state index is 0.168. The monoisotopic (exact) mass is 576 g/mol. The van der Waals surface area contributed by atoms with Crippen LogP contribution in [0, 0.1) is 13.8 Å². The third kappa shape index (κ3) is 6.30. The second-order valence-corrected chi connectivity index (χ2v) is 10.5. The number of nitrogens with zero attached hydrogens (tertiary/aromatic N) is 2. The number of rotatable bonds is 11. The lowest BCUT2D eigenvalue weighted by molar-refractivity contribution is 0.104. The van der Waals surface area contributed by atoms with Crippen LogP contribution in [0.4, 0.5) is 0 Å². The number of aromatic nitrogens is 2. The van der Waals surface area contributed by atoms with Crippen LogP contribution in [-0.4, -0.2) is 50.0 Å². The van der Waals surface area contributed by atoms with E-state index in [4.69, 9.17) is 18.9 Å². The van der Waals surface area contributed by atoms with E-state index in [1.165, 1.54) is 34.8 Å². The Balaban J connectivity index is 1.51. The van der Waals surface area contributed by atoms with E-state index in [9.17, 15) is 9.59 Å². The molecule has 0 spiro atoms. The van der Waals surface area contributed by atoms with Crippen molar-refractivity contribution < 1.29 is 28.5 Å². The average Bonchev–Trinajstić information content (AvgIpc) is 3.56. The number of aryl methyl sites for hydroxylation is 2. The van der Waals surface area contributed by atoms with Crippen molar-refractivity contribution in [1.29, 1.82) is 0 Å². The Morgan fingerprint density at radius 2 is 1.00 bits per heavy atom. The summed E-state index contributed by atoms with van der Waals surface area (Å²) in [5, 5.41) is 1.19. The lowest BCUT2D eigenvalue weighted by Crippen LogP contribution is -1.93. The summed E-state index contributed by atoms with van der Waals surface area (Å²) in [5.41, 5.74) is 2.81. The number of thiazole rings is 2. The van der Waals surface area contributed by atoms with Gasteiger partial charge in [0.1, 0.15) is 0 Å². The first-order valence-corrected chi connectivity index (χ1v) is 13.7. The number of methoxy groups -OCH3 is 4. The maximum Gasteiger partial charge on any atom is 0.197 e. The van der Waals surface area contributed by atoms with Crippen LogP contribution in [-0.2, 0) is 0 Å². The van der Waals surface area contributed by atoms with E-state index in [0.29, 0.717) is 54.2 Å². The van der Waals surface area contributed by atoms with Crippen LogP contribution in [0.25, 0.3) is 22.2 Å². The van der Waals surface area contributed by atoms with Crippen LogP contribution >= 0.6 is 22.7 Å². The Kier molecular flexibility index (Phi) is 9.13. The molecular weight excluding hydrogens is 548 g/mol. The molecule has 0 saturated carbocycles. The molecule has 0 amide bonds. The largest absolute Gasteiger partial charge is 0.493 e. The summed E-state index contributed by atoms with van der Waals surface area (Å²) in [4.78, 5) is 36.1. The zero-order valence-electron chi connectivity index (χ0n) is 22.9. The summed E-state index contributed by atoms with van der Waals surface area (Å²) < 4.78 is 21.2. The van der Waals surface area contributed by atoms with Gasteiger partial charge in [-0.05, 0) is 61.4 Å². The summed E-state index contributed by atoms with van der Waals surface area (Å²) in [6, 6.07) is 10.8. The first kappa shape index (κ1) is 28.7. The van der Waals surface area contributed by atoms with Gasteiger partial charge in [-0.15, -0.1) is 22.7 Å². The van der Waals surface area contributed by atoms with E-state index >= 15 is 0 Å². The van der Waals surface area contributed by atoms with Crippen molar-refractivity contribution >= 4 is 46.4 Å². The maximum absolute atomic E-state index is 13.0. The zero-order valence-corrected chi connectivity index (χ0v) is 24.6. The lowest BCUT2D eigenvalue weighted by atomic mass is 10.1. The maximum atomic E-state index is 13.0. The molecule has 0 fully saturated rings. The van der Waals surface area contributed by atoms with Gasteiger partial charge in [0, 0.05) is 0 Å². The molecule has 0 unspecified atom stereocenters. The molecule has 2 heterocycles. The highest BCUT2D eigenvalue weighted by atomic mass is 32.1. The molecule has 206 valence electrons. The molecule has 0 bridgehead atoms. The fourth-order valence-electron chi connectivity index (χ4n) is 3.84. The predicted octanol–water partition coefficient (Wildman–Crippen LogP) is 6.71. The van der Waals surface area contributed by atoms with Crippen LogP contribution in [0.15, 0.2) is 48.6 Å². The fraction of sp³-hybridized carbons (Fsp3) is 0.200. The molecule has 2 aromatic heterocycles. The van der Waals surface area contributed by atoms with Crippen molar-refractivity contribution in [2.24, 2.45) is 0 Å². The molecule has 0 aliphatic heterocycles. The van der Waals surface area contributed by atoms with Gasteiger partial charge in [0.15, 0.2) is 44.6 Å². The molecule has 10 heteroatoms. The van der Waals surface area contributed by atoms with E-state index in [0.717, 1.165) is 11.1 Å². The normalized spacial score (nSPS) is 11.2. The molecule has 4 rings (SSSR count). The highest BCUT2D eigenvalue weighted by Crippen LogP contribution is 2.34. The number of hydrogen-bond acceptors (Lipinski definition) is 10. The molecule has 0 aliphatic carbocycles. The second-order valence-electron chi connectivity index (χ2n) is 8.49. The number of ether oxygens (including phenoxy) is 4. The Morgan fingerprint density at radius 3 is 1.35 bits per heavy atom. The number of benzene rings is 2. The quantitative estimate of drug-likeness (QED) is 0.144. The van der Waals surface area contributed by atoms with E-state index < -0.39 is 0 Å². The van der Waals surface area contributed by atoms with Gasteiger partial charge >= 0.3 is 0 Å². The van der Waals surface area contributed by atoms with Crippen molar-refractivity contribution in [2.75, 3.05) is 28.4 Å². The number of hydrogen-bond donors (Lipinski definition) is 0. The first-order valence-electron chi connectivity index (χ1n) is 12.1. The van der Waals surface area contributed by atoms with Gasteiger partial charge in [-0.2, -0.15) is 0 Å². The van der Waals surface area contributed by atoms with Crippen LogP contribution in [0.1, 0.15) is 41.9 Å². The van der Waals surface area contributed by atoms with Crippen LogP contribution in [0.5, 0.6) is 23.0 Å². The summed E-state index contributed by atoms with van der Waals surface area (Å²) in [5.74, 6) is 2.05. The third-order valence-corrected chi connectivity index (χ3v) is 8.38. The summed E-state index contributed by atoms with van der Waals surface area (Å²) in [6.07, 6.45) is 6.45. The van der Waals surface area contributed by atoms with Gasteiger partial charge in [-0.25, -0.2) is 9.97 Å². The molecule has 0 radical (unpaired) electrons. The highest BCUT2D eigenvalue weighted by molar-refractivity contribution is 7.23. The summed E-state index contributed by atoms with van der Waals surface area (Å²) in [7, 11) is 6.26. The van der Waals surface area contributed by atoms with Gasteiger partial charge < -0.3 is 18.9 Å². The van der Waals surface area contributed by atoms with Crippen LogP contribution < -0.4 is 18.9 Å². The molecule has 2 aromatic carbocycles. The average molecular weight is 577 g/mol. The molecule has 0 atom stereocenters. The molecule has 40 heavy (non-hydrogen) atoms. The Morgan fingerprint density at radius 1 is 0.625 bits per heavy atom. The van der Waals surface area contributed by atoms with Crippen molar-refractivity contribution in [3.05, 3.63) is 80.8 Å². The van der Waals surface area contributed by atoms with E-state index in [1.807, 2.05) is 12.1 Å². The van der Waals surface area contributed by atoms with E-state index in [1.54, 1.807) is 78.7 Å². The van der Waals surface area contributed by atoms with Gasteiger partial charge in [-0.3, -0.25) is 9.59 Å². The number of carbonyl (C=O) groups is 2. The van der Waals surface area contributed by atoms with Gasteiger partial charge in [0.05, 0.1) is 49.6 Å². The van der Waals surface area contributed by atoms with Crippen molar-refractivity contribution in [2.45, 2.75) is 13.8 Å². The van der Waals surface area contributed by atoms with E-state index in [2.05, 4.69) is 9.97 Å². The van der Waals surface area contributed by atoms with Gasteiger partial charge in [-0.1, -0.05) is 24.3 Å². The number of ketones is 2. The van der Waals surface area contributed by atoms with Crippen molar-refractivity contribution in [3.8, 4) is 33.0 Å². The molecule has 4 aromatic rings. The van der Waals surface area contributed by atoms with Crippen LogP contribution in [0.2, 0.25) is 0 Å². The van der Waals surface area contributed by atoms with E-state index in [-0.39, 0.29) is 11.6 Å². The SMILES string of the molecule is COc1ccc(C=CC(=O)c2sc(-c3nc(C)c(C(=O)C=Cc4ccc(OC)c(OC)c4)s3)nc2C)cc1OC. The standard InChI is InChI=1S/C30H28N2O6S2/c1-17-27(21(33)11-7-19-9-13-23(35-3)25(15-19)37-5)39-29(31-17)30-32-18(2)28(40-30)22(34)12-8-20-10-14-24(36-4)26(16-20)38-6/h7-16H,1-6H3. The van der Waals surface area contributed by atoms with Crippen molar-refractivity contribution in [3.63, 3.8) is 0 Å². The molecule has 0 N–H and O–H groups in total. The van der Waals surface area contributed by atoms with Crippen LogP contribution in [0.3, 0.4) is 0 Å². The number of allylic oxidation sites excluding steroid dienone is 2. The first-order chi connectivity index (χ1) is 19.3. The predicted molar refractivity (Wildman–Crippen MR) is 159 cm³/mol. The smallest absolute Gasteiger partial charge is 0.197 e. The Bertz CT molecular complexity index is 1500. The third-order valence-electron chi connectivity index (χ3n) is 5.89. The lowest BCUT2D eigenvalue weighted by Gasteiger charge is -2.07. The topological polar surface area (TPSA) is 96.8 Å². The zero-order chi connectivity index (χ0) is 28.8. The molecule has 0 aliphatic rings. The summed E-state index contributed by atoms with van der Waals surface area (Å²) >= 11 is 2.51.